The monoisotopic (exact) mass is 263 g/mol. The normalized spacial score (nSPS) is 20.1. The Morgan fingerprint density at radius 1 is 1.37 bits per heavy atom. The third-order valence-corrected chi connectivity index (χ3v) is 5.07. The van der Waals surface area contributed by atoms with Gasteiger partial charge in [-0.3, -0.25) is 10.1 Å². The van der Waals surface area contributed by atoms with E-state index in [0.29, 0.717) is 16.7 Å². The standard InChI is InChI=1S/C14H21N3O2/c1-9-6-10(17(18)19)7-15-12(9)16-8-11-13(2,3)14(11,4)5/h6-7,11H,8H2,1-5H3,(H,15,16). The predicted octanol–water partition coefficient (Wildman–Crippen LogP) is 3.39. The first-order chi connectivity index (χ1) is 8.68. The van der Waals surface area contributed by atoms with Gasteiger partial charge >= 0.3 is 0 Å². The van der Waals surface area contributed by atoms with Gasteiger partial charge in [-0.05, 0) is 29.2 Å². The number of hydrogen-bond donors (Lipinski definition) is 1. The third-order valence-electron chi connectivity index (χ3n) is 5.07. The minimum Gasteiger partial charge on any atom is -0.370 e. The Kier molecular flexibility index (Phi) is 3.03. The summed E-state index contributed by atoms with van der Waals surface area (Å²) in [6.07, 6.45) is 1.30. The van der Waals surface area contributed by atoms with Crippen molar-refractivity contribution in [3.05, 3.63) is 27.9 Å². The van der Waals surface area contributed by atoms with Crippen molar-refractivity contribution in [3.63, 3.8) is 0 Å². The van der Waals surface area contributed by atoms with Crippen molar-refractivity contribution < 1.29 is 4.92 Å². The van der Waals surface area contributed by atoms with Crippen LogP contribution < -0.4 is 5.32 Å². The topological polar surface area (TPSA) is 68.1 Å². The van der Waals surface area contributed by atoms with Crippen LogP contribution in [0.1, 0.15) is 33.3 Å². The van der Waals surface area contributed by atoms with Gasteiger partial charge in [0.15, 0.2) is 0 Å². The summed E-state index contributed by atoms with van der Waals surface area (Å²) in [5, 5.41) is 14.0. The molecule has 2 rings (SSSR count). The van der Waals surface area contributed by atoms with E-state index in [1.165, 1.54) is 6.20 Å². The molecule has 0 bridgehead atoms. The summed E-state index contributed by atoms with van der Waals surface area (Å²) < 4.78 is 0. The fraction of sp³-hybridized carbons (Fsp3) is 0.643. The summed E-state index contributed by atoms with van der Waals surface area (Å²) in [6.45, 7) is 11.8. The first-order valence-corrected chi connectivity index (χ1v) is 6.53. The molecule has 0 saturated heterocycles. The molecule has 0 amide bonds. The molecule has 0 radical (unpaired) electrons. The van der Waals surface area contributed by atoms with E-state index in [4.69, 9.17) is 0 Å². The minimum absolute atomic E-state index is 0.0372. The zero-order valence-electron chi connectivity index (χ0n) is 12.2. The quantitative estimate of drug-likeness (QED) is 0.667. The highest BCUT2D eigenvalue weighted by atomic mass is 16.6. The lowest BCUT2D eigenvalue weighted by Gasteiger charge is -2.09. The summed E-state index contributed by atoms with van der Waals surface area (Å²) in [4.78, 5) is 14.4. The maximum absolute atomic E-state index is 10.7. The van der Waals surface area contributed by atoms with Crippen molar-refractivity contribution in [2.45, 2.75) is 34.6 Å². The Balaban J connectivity index is 2.04. The number of pyridine rings is 1. The van der Waals surface area contributed by atoms with Gasteiger partial charge in [0.25, 0.3) is 5.69 Å². The highest BCUT2D eigenvalue weighted by molar-refractivity contribution is 5.48. The van der Waals surface area contributed by atoms with Crippen LogP contribution in [-0.2, 0) is 0 Å². The number of nitrogens with zero attached hydrogens (tertiary/aromatic N) is 2. The van der Waals surface area contributed by atoms with Gasteiger partial charge in [0.1, 0.15) is 12.0 Å². The van der Waals surface area contributed by atoms with E-state index < -0.39 is 4.92 Å². The summed E-state index contributed by atoms with van der Waals surface area (Å²) in [6, 6.07) is 1.55. The smallest absolute Gasteiger partial charge is 0.287 e. The summed E-state index contributed by atoms with van der Waals surface area (Å²) in [7, 11) is 0. The SMILES string of the molecule is Cc1cc([N+](=O)[O-])cnc1NCC1C(C)(C)C1(C)C. The van der Waals surface area contributed by atoms with Crippen LogP contribution in [0.15, 0.2) is 12.3 Å². The van der Waals surface area contributed by atoms with Crippen molar-refractivity contribution in [3.8, 4) is 0 Å². The van der Waals surface area contributed by atoms with Gasteiger partial charge in [-0.2, -0.15) is 0 Å². The van der Waals surface area contributed by atoms with Crippen molar-refractivity contribution >= 4 is 11.5 Å². The molecule has 1 saturated carbocycles. The second kappa shape index (κ2) is 4.18. The Morgan fingerprint density at radius 3 is 2.37 bits per heavy atom. The highest BCUT2D eigenvalue weighted by Gasteiger charge is 2.64. The van der Waals surface area contributed by atoms with E-state index in [9.17, 15) is 10.1 Å². The lowest BCUT2D eigenvalue weighted by molar-refractivity contribution is -0.385. The number of aryl methyl sites for hydroxylation is 1. The van der Waals surface area contributed by atoms with E-state index in [0.717, 1.165) is 17.9 Å². The molecule has 1 aromatic heterocycles. The van der Waals surface area contributed by atoms with E-state index >= 15 is 0 Å². The van der Waals surface area contributed by atoms with Crippen LogP contribution in [0, 0.1) is 33.8 Å². The van der Waals surface area contributed by atoms with Crippen LogP contribution in [-0.4, -0.2) is 16.5 Å². The highest BCUT2D eigenvalue weighted by Crippen LogP contribution is 2.68. The van der Waals surface area contributed by atoms with E-state index in [2.05, 4.69) is 38.0 Å². The molecular formula is C14H21N3O2. The van der Waals surface area contributed by atoms with Gasteiger partial charge < -0.3 is 5.32 Å². The molecule has 5 heteroatoms. The first-order valence-electron chi connectivity index (χ1n) is 6.53. The first kappa shape index (κ1) is 13.8. The molecule has 0 aliphatic heterocycles. The summed E-state index contributed by atoms with van der Waals surface area (Å²) >= 11 is 0. The van der Waals surface area contributed by atoms with Crippen LogP contribution in [0.25, 0.3) is 0 Å². The van der Waals surface area contributed by atoms with Gasteiger partial charge in [-0.1, -0.05) is 27.7 Å². The van der Waals surface area contributed by atoms with E-state index in [-0.39, 0.29) is 5.69 Å². The Bertz CT molecular complexity index is 509. The average Bonchev–Trinajstić information content (AvgIpc) is 2.68. The number of nitro groups is 1. The number of aromatic nitrogens is 1. The molecule has 0 spiro atoms. The van der Waals surface area contributed by atoms with Crippen LogP contribution in [0.2, 0.25) is 0 Å². The molecule has 1 aliphatic carbocycles. The fourth-order valence-corrected chi connectivity index (χ4v) is 2.89. The average molecular weight is 263 g/mol. The fourth-order valence-electron chi connectivity index (χ4n) is 2.89. The summed E-state index contributed by atoms with van der Waals surface area (Å²) in [5.41, 5.74) is 1.50. The third kappa shape index (κ3) is 2.17. The van der Waals surface area contributed by atoms with E-state index in [1.807, 2.05) is 6.92 Å². The number of hydrogen-bond acceptors (Lipinski definition) is 4. The minimum atomic E-state index is -0.420. The molecule has 19 heavy (non-hydrogen) atoms. The zero-order chi connectivity index (χ0) is 14.4. The molecule has 1 N–H and O–H groups in total. The molecule has 1 fully saturated rings. The molecule has 1 aliphatic rings. The van der Waals surface area contributed by atoms with Crippen LogP contribution in [0.3, 0.4) is 0 Å². The van der Waals surface area contributed by atoms with Gasteiger partial charge in [0, 0.05) is 12.6 Å². The molecule has 1 heterocycles. The number of anilines is 1. The maximum atomic E-state index is 10.7. The summed E-state index contributed by atoms with van der Waals surface area (Å²) in [5.74, 6) is 1.33. The van der Waals surface area contributed by atoms with Crippen molar-refractivity contribution in [2.75, 3.05) is 11.9 Å². The predicted molar refractivity (Wildman–Crippen MR) is 75.2 cm³/mol. The Labute approximate surface area is 113 Å². The molecule has 104 valence electrons. The molecule has 5 nitrogen and oxygen atoms in total. The lowest BCUT2D eigenvalue weighted by atomic mass is 10.0. The maximum Gasteiger partial charge on any atom is 0.287 e. The second-order valence-corrected chi connectivity index (χ2v) is 6.49. The zero-order valence-corrected chi connectivity index (χ0v) is 12.2. The van der Waals surface area contributed by atoms with Gasteiger partial charge in [0.2, 0.25) is 0 Å². The Morgan fingerprint density at radius 2 is 1.95 bits per heavy atom. The van der Waals surface area contributed by atoms with Crippen molar-refractivity contribution in [1.29, 1.82) is 0 Å². The van der Waals surface area contributed by atoms with Crippen LogP contribution >= 0.6 is 0 Å². The van der Waals surface area contributed by atoms with Gasteiger partial charge in [0.05, 0.1) is 4.92 Å². The largest absolute Gasteiger partial charge is 0.370 e. The molecule has 1 aromatic rings. The van der Waals surface area contributed by atoms with Crippen molar-refractivity contribution in [2.24, 2.45) is 16.7 Å². The van der Waals surface area contributed by atoms with Crippen LogP contribution in [0.4, 0.5) is 11.5 Å². The van der Waals surface area contributed by atoms with Gasteiger partial charge in [-0.25, -0.2) is 4.98 Å². The molecular weight excluding hydrogens is 242 g/mol. The van der Waals surface area contributed by atoms with Crippen LogP contribution in [0.5, 0.6) is 0 Å². The molecule has 0 atom stereocenters. The second-order valence-electron chi connectivity index (χ2n) is 6.49. The van der Waals surface area contributed by atoms with Crippen molar-refractivity contribution in [1.82, 2.24) is 4.98 Å². The van der Waals surface area contributed by atoms with E-state index in [1.54, 1.807) is 6.07 Å². The van der Waals surface area contributed by atoms with Gasteiger partial charge in [-0.15, -0.1) is 0 Å². The Hall–Kier alpha value is -1.65. The molecule has 0 unspecified atom stereocenters. The number of nitrogens with one attached hydrogen (secondary N) is 1. The number of rotatable bonds is 4. The molecule has 0 aromatic carbocycles. The lowest BCUT2D eigenvalue weighted by Crippen LogP contribution is -2.10.